The summed E-state index contributed by atoms with van der Waals surface area (Å²) in [7, 11) is 1.30. The zero-order chi connectivity index (χ0) is 18.7. The van der Waals surface area contributed by atoms with Gasteiger partial charge in [-0.2, -0.15) is 0 Å². The number of benzene rings is 2. The maximum absolute atomic E-state index is 12.3. The van der Waals surface area contributed by atoms with Gasteiger partial charge in [0.15, 0.2) is 5.43 Å². The summed E-state index contributed by atoms with van der Waals surface area (Å²) in [4.78, 5) is 35.7. The number of anilines is 1. The number of rotatable bonds is 4. The lowest BCUT2D eigenvalue weighted by molar-refractivity contribution is -0.116. The highest BCUT2D eigenvalue weighted by molar-refractivity contribution is 6.31. The zero-order valence-corrected chi connectivity index (χ0v) is 14.6. The molecule has 1 heterocycles. The summed E-state index contributed by atoms with van der Waals surface area (Å²) >= 11 is 6.01. The molecule has 3 rings (SSSR count). The van der Waals surface area contributed by atoms with Gasteiger partial charge in [-0.15, -0.1) is 0 Å². The van der Waals surface area contributed by atoms with Crippen molar-refractivity contribution in [2.24, 2.45) is 0 Å². The van der Waals surface area contributed by atoms with E-state index in [1.54, 1.807) is 53.2 Å². The molecule has 0 aliphatic heterocycles. The van der Waals surface area contributed by atoms with Crippen LogP contribution in [0.15, 0.2) is 59.5 Å². The zero-order valence-electron chi connectivity index (χ0n) is 13.9. The first kappa shape index (κ1) is 17.7. The van der Waals surface area contributed by atoms with Gasteiger partial charge >= 0.3 is 5.97 Å². The van der Waals surface area contributed by atoms with Gasteiger partial charge < -0.3 is 14.6 Å². The minimum atomic E-state index is -0.445. The van der Waals surface area contributed by atoms with Crippen molar-refractivity contribution in [1.29, 1.82) is 0 Å². The van der Waals surface area contributed by atoms with Gasteiger partial charge in [0.2, 0.25) is 5.91 Å². The standard InChI is InChI=1S/C19H15ClN2O4/c1-26-19(25)12-2-5-14(6-3-12)21-18(24)11-22-9-8-17(23)15-7-4-13(20)10-16(15)22/h2-10H,11H2,1H3,(H,21,24). The van der Waals surface area contributed by atoms with Crippen LogP contribution in [0, 0.1) is 0 Å². The number of amides is 1. The number of halogens is 1. The van der Waals surface area contributed by atoms with Crippen LogP contribution in [0.4, 0.5) is 5.69 Å². The van der Waals surface area contributed by atoms with Crippen molar-refractivity contribution in [3.05, 3.63) is 75.5 Å². The van der Waals surface area contributed by atoms with Crippen molar-refractivity contribution < 1.29 is 14.3 Å². The molecular weight excluding hydrogens is 356 g/mol. The van der Waals surface area contributed by atoms with Gasteiger partial charge in [-0.05, 0) is 42.5 Å². The first-order valence-corrected chi connectivity index (χ1v) is 8.12. The molecule has 26 heavy (non-hydrogen) atoms. The fourth-order valence-electron chi connectivity index (χ4n) is 2.58. The Bertz CT molecular complexity index is 1040. The Hall–Kier alpha value is -3.12. The fraction of sp³-hybridized carbons (Fsp3) is 0.105. The van der Waals surface area contributed by atoms with Crippen molar-refractivity contribution in [3.8, 4) is 0 Å². The first-order chi connectivity index (χ1) is 12.5. The Balaban J connectivity index is 1.79. The Morgan fingerprint density at radius 1 is 1.12 bits per heavy atom. The molecule has 3 aromatic rings. The average molecular weight is 371 g/mol. The second kappa shape index (κ2) is 7.41. The number of carbonyl (C=O) groups is 2. The summed E-state index contributed by atoms with van der Waals surface area (Å²) in [6.07, 6.45) is 1.56. The van der Waals surface area contributed by atoms with Crippen LogP contribution in [0.2, 0.25) is 5.02 Å². The lowest BCUT2D eigenvalue weighted by Crippen LogP contribution is -2.20. The number of pyridine rings is 1. The molecule has 0 saturated carbocycles. The van der Waals surface area contributed by atoms with Crippen LogP contribution in [0.25, 0.3) is 10.9 Å². The predicted octanol–water partition coefficient (Wildman–Crippen LogP) is 3.08. The minimum Gasteiger partial charge on any atom is -0.465 e. The highest BCUT2D eigenvalue weighted by atomic mass is 35.5. The summed E-state index contributed by atoms with van der Waals surface area (Å²) in [6.45, 7) is 0.00980. The molecule has 7 heteroatoms. The Morgan fingerprint density at radius 2 is 1.85 bits per heavy atom. The normalized spacial score (nSPS) is 10.5. The number of ether oxygens (including phenoxy) is 1. The molecule has 2 aromatic carbocycles. The van der Waals surface area contributed by atoms with Crippen LogP contribution in [0.5, 0.6) is 0 Å². The SMILES string of the molecule is COC(=O)c1ccc(NC(=O)Cn2ccc(=O)c3ccc(Cl)cc32)cc1. The first-order valence-electron chi connectivity index (χ1n) is 7.75. The van der Waals surface area contributed by atoms with Gasteiger partial charge in [0.25, 0.3) is 0 Å². The number of fused-ring (bicyclic) bond motifs is 1. The number of methoxy groups -OCH3 is 1. The maximum atomic E-state index is 12.3. The van der Waals surface area contributed by atoms with Gasteiger partial charge in [-0.1, -0.05) is 11.6 Å². The van der Waals surface area contributed by atoms with Gasteiger partial charge in [0.1, 0.15) is 6.54 Å². The van der Waals surface area contributed by atoms with Gasteiger partial charge in [0, 0.05) is 28.4 Å². The van der Waals surface area contributed by atoms with Crippen LogP contribution >= 0.6 is 11.6 Å². The largest absolute Gasteiger partial charge is 0.465 e. The molecule has 0 spiro atoms. The fourth-order valence-corrected chi connectivity index (χ4v) is 2.75. The van der Waals surface area contributed by atoms with E-state index in [1.807, 2.05) is 0 Å². The lowest BCUT2D eigenvalue weighted by Gasteiger charge is -2.11. The van der Waals surface area contributed by atoms with Crippen LogP contribution in [-0.2, 0) is 16.1 Å². The van der Waals surface area contributed by atoms with E-state index in [4.69, 9.17) is 11.6 Å². The van der Waals surface area contributed by atoms with E-state index in [1.165, 1.54) is 13.2 Å². The molecule has 1 amide bonds. The topological polar surface area (TPSA) is 77.4 Å². The molecule has 0 unspecified atom stereocenters. The second-order valence-electron chi connectivity index (χ2n) is 5.59. The van der Waals surface area contributed by atoms with Crippen molar-refractivity contribution in [2.45, 2.75) is 6.54 Å². The minimum absolute atomic E-state index is 0.00980. The molecule has 0 atom stereocenters. The van der Waals surface area contributed by atoms with E-state index >= 15 is 0 Å². The third-order valence-corrected chi connectivity index (χ3v) is 4.08. The lowest BCUT2D eigenvalue weighted by atomic mass is 10.2. The molecule has 0 aliphatic carbocycles. The summed E-state index contributed by atoms with van der Waals surface area (Å²) in [5.74, 6) is -0.722. The van der Waals surface area contributed by atoms with Gasteiger partial charge in [-0.3, -0.25) is 9.59 Å². The van der Waals surface area contributed by atoms with Crippen LogP contribution in [0.1, 0.15) is 10.4 Å². The summed E-state index contributed by atoms with van der Waals surface area (Å²) in [6, 6.07) is 12.7. The second-order valence-corrected chi connectivity index (χ2v) is 6.02. The van der Waals surface area contributed by atoms with E-state index in [0.717, 1.165) is 0 Å². The number of hydrogen-bond acceptors (Lipinski definition) is 4. The average Bonchev–Trinajstić information content (AvgIpc) is 2.64. The number of nitrogens with zero attached hydrogens (tertiary/aromatic N) is 1. The van der Waals surface area contributed by atoms with Crippen LogP contribution in [-0.4, -0.2) is 23.6 Å². The number of hydrogen-bond donors (Lipinski definition) is 1. The number of carbonyl (C=O) groups excluding carboxylic acids is 2. The third-order valence-electron chi connectivity index (χ3n) is 3.84. The molecule has 1 N–H and O–H groups in total. The highest BCUT2D eigenvalue weighted by Crippen LogP contribution is 2.17. The Kier molecular flexibility index (Phi) is 5.04. The smallest absolute Gasteiger partial charge is 0.337 e. The molecule has 0 radical (unpaired) electrons. The molecule has 6 nitrogen and oxygen atoms in total. The number of nitrogens with one attached hydrogen (secondary N) is 1. The highest BCUT2D eigenvalue weighted by Gasteiger charge is 2.09. The van der Waals surface area contributed by atoms with Crippen molar-refractivity contribution in [2.75, 3.05) is 12.4 Å². The number of aromatic nitrogens is 1. The molecule has 0 saturated heterocycles. The maximum Gasteiger partial charge on any atom is 0.337 e. The molecule has 0 aliphatic rings. The van der Waals surface area contributed by atoms with Crippen molar-refractivity contribution >= 4 is 40.1 Å². The van der Waals surface area contributed by atoms with E-state index in [9.17, 15) is 14.4 Å². The van der Waals surface area contributed by atoms with Gasteiger partial charge in [0.05, 0.1) is 18.2 Å². The van der Waals surface area contributed by atoms with E-state index in [0.29, 0.717) is 27.2 Å². The molecule has 0 bridgehead atoms. The number of esters is 1. The third kappa shape index (κ3) is 3.75. The Morgan fingerprint density at radius 3 is 2.54 bits per heavy atom. The summed E-state index contributed by atoms with van der Waals surface area (Å²) < 4.78 is 6.28. The molecular formula is C19H15ClN2O4. The quantitative estimate of drug-likeness (QED) is 0.716. The van der Waals surface area contributed by atoms with Gasteiger partial charge in [-0.25, -0.2) is 4.79 Å². The van der Waals surface area contributed by atoms with Crippen LogP contribution in [0.3, 0.4) is 0 Å². The Labute approximate surface area is 154 Å². The van der Waals surface area contributed by atoms with Crippen molar-refractivity contribution in [3.63, 3.8) is 0 Å². The van der Waals surface area contributed by atoms with E-state index in [2.05, 4.69) is 10.1 Å². The molecule has 0 fully saturated rings. The summed E-state index contributed by atoms with van der Waals surface area (Å²) in [5, 5.41) is 3.72. The molecule has 1 aromatic heterocycles. The predicted molar refractivity (Wildman–Crippen MR) is 99.6 cm³/mol. The van der Waals surface area contributed by atoms with E-state index < -0.39 is 5.97 Å². The monoisotopic (exact) mass is 370 g/mol. The van der Waals surface area contributed by atoms with E-state index in [-0.39, 0.29) is 17.9 Å². The summed E-state index contributed by atoms with van der Waals surface area (Å²) in [5.41, 5.74) is 1.39. The molecule has 132 valence electrons. The van der Waals surface area contributed by atoms with Crippen LogP contribution < -0.4 is 10.7 Å². The van der Waals surface area contributed by atoms with Crippen molar-refractivity contribution in [1.82, 2.24) is 4.57 Å².